The van der Waals surface area contributed by atoms with Gasteiger partial charge in [-0.15, -0.1) is 11.3 Å². The Bertz CT molecular complexity index is 498. The summed E-state index contributed by atoms with van der Waals surface area (Å²) in [4.78, 5) is 9.89. The molecule has 90 valence electrons. The maximum Gasteiger partial charge on any atom is 0.145 e. The van der Waals surface area contributed by atoms with Gasteiger partial charge >= 0.3 is 0 Å². The lowest BCUT2D eigenvalue weighted by Crippen LogP contribution is -2.07. The Morgan fingerprint density at radius 3 is 2.94 bits per heavy atom. The van der Waals surface area contributed by atoms with Crippen LogP contribution in [0.15, 0.2) is 24.5 Å². The van der Waals surface area contributed by atoms with Gasteiger partial charge in [0.2, 0.25) is 0 Å². The van der Waals surface area contributed by atoms with Gasteiger partial charge in [-0.25, -0.2) is 9.97 Å². The summed E-state index contributed by atoms with van der Waals surface area (Å²) in [6, 6.07) is 3.76. The van der Waals surface area contributed by atoms with Gasteiger partial charge in [-0.05, 0) is 25.5 Å². The zero-order valence-corrected chi connectivity index (χ0v) is 11.3. The predicted molar refractivity (Wildman–Crippen MR) is 72.8 cm³/mol. The van der Waals surface area contributed by atoms with E-state index >= 15 is 0 Å². The third-order valence-electron chi connectivity index (χ3n) is 2.40. The molecule has 0 saturated carbocycles. The quantitative estimate of drug-likeness (QED) is 0.912. The summed E-state index contributed by atoms with van der Waals surface area (Å²) in [7, 11) is 0. The number of thiazole rings is 1. The Kier molecular flexibility index (Phi) is 3.97. The van der Waals surface area contributed by atoms with Crippen molar-refractivity contribution >= 4 is 28.8 Å². The first kappa shape index (κ1) is 12.3. The average molecular weight is 268 g/mol. The number of nitrogens with one attached hydrogen (secondary N) is 1. The van der Waals surface area contributed by atoms with Gasteiger partial charge in [0.05, 0.1) is 11.1 Å². The number of nitrogens with zero attached hydrogens (tertiary/aromatic N) is 2. The number of hydrogen-bond donors (Lipinski definition) is 1. The number of pyridine rings is 1. The lowest BCUT2D eigenvalue weighted by Gasteiger charge is -2.12. The molecule has 2 rings (SSSR count). The van der Waals surface area contributed by atoms with Crippen LogP contribution in [0.3, 0.4) is 0 Å². The van der Waals surface area contributed by atoms with E-state index in [0.717, 1.165) is 11.4 Å². The number of anilines is 1. The Hall–Kier alpha value is -1.13. The molecule has 1 N–H and O–H groups in total. The highest BCUT2D eigenvalue weighted by atomic mass is 35.5. The van der Waals surface area contributed by atoms with Crippen LogP contribution >= 0.6 is 22.9 Å². The fraction of sp³-hybridized carbons (Fsp3) is 0.333. The molecule has 2 aromatic rings. The Morgan fingerprint density at radius 2 is 2.29 bits per heavy atom. The van der Waals surface area contributed by atoms with E-state index in [0.29, 0.717) is 10.8 Å². The normalized spacial score (nSPS) is 12.4. The third-order valence-corrected chi connectivity index (χ3v) is 4.03. The molecule has 2 aromatic heterocycles. The molecule has 0 aromatic carbocycles. The zero-order valence-electron chi connectivity index (χ0n) is 9.77. The summed E-state index contributed by atoms with van der Waals surface area (Å²) in [5, 5.41) is 4.96. The van der Waals surface area contributed by atoms with E-state index in [2.05, 4.69) is 29.1 Å². The largest absolute Gasteiger partial charge is 0.360 e. The topological polar surface area (TPSA) is 37.8 Å². The van der Waals surface area contributed by atoms with E-state index in [1.807, 2.05) is 18.3 Å². The highest BCUT2D eigenvalue weighted by Crippen LogP contribution is 2.26. The second-order valence-electron chi connectivity index (χ2n) is 3.72. The predicted octanol–water partition coefficient (Wildman–Crippen LogP) is 3.93. The number of hydrogen-bond acceptors (Lipinski definition) is 4. The van der Waals surface area contributed by atoms with E-state index in [1.54, 1.807) is 17.5 Å². The molecule has 0 saturated heterocycles. The van der Waals surface area contributed by atoms with E-state index < -0.39 is 0 Å². The van der Waals surface area contributed by atoms with Crippen LogP contribution in [-0.4, -0.2) is 9.97 Å². The fourth-order valence-electron chi connectivity index (χ4n) is 1.44. The van der Waals surface area contributed by atoms with Crippen molar-refractivity contribution in [3.05, 3.63) is 39.4 Å². The molecule has 0 aliphatic carbocycles. The Labute approximate surface area is 110 Å². The van der Waals surface area contributed by atoms with Crippen molar-refractivity contribution in [2.75, 3.05) is 5.32 Å². The van der Waals surface area contributed by atoms with Crippen molar-refractivity contribution in [1.82, 2.24) is 9.97 Å². The summed E-state index contributed by atoms with van der Waals surface area (Å²) < 4.78 is 0. The maximum absolute atomic E-state index is 6.05. The molecule has 17 heavy (non-hydrogen) atoms. The smallest absolute Gasteiger partial charge is 0.145 e. The Morgan fingerprint density at radius 1 is 1.47 bits per heavy atom. The first-order valence-corrected chi connectivity index (χ1v) is 6.71. The molecule has 1 unspecified atom stereocenters. The average Bonchev–Trinajstić information content (AvgIpc) is 2.81. The van der Waals surface area contributed by atoms with Crippen molar-refractivity contribution in [2.24, 2.45) is 0 Å². The summed E-state index contributed by atoms with van der Waals surface area (Å²) in [6.45, 7) is 4.19. The summed E-state index contributed by atoms with van der Waals surface area (Å²) >= 11 is 7.77. The number of aromatic nitrogens is 2. The van der Waals surface area contributed by atoms with Crippen LogP contribution in [0.25, 0.3) is 0 Å². The first-order chi connectivity index (χ1) is 8.20. The van der Waals surface area contributed by atoms with Crippen LogP contribution < -0.4 is 5.32 Å². The van der Waals surface area contributed by atoms with Gasteiger partial charge in [0.25, 0.3) is 0 Å². The zero-order chi connectivity index (χ0) is 12.3. The minimum Gasteiger partial charge on any atom is -0.360 e. The molecule has 0 bridgehead atoms. The van der Waals surface area contributed by atoms with E-state index in [4.69, 9.17) is 11.6 Å². The summed E-state index contributed by atoms with van der Waals surface area (Å²) in [5.74, 6) is 0.704. The molecule has 0 spiro atoms. The molecule has 3 nitrogen and oxygen atoms in total. The molecule has 0 amide bonds. The molecule has 0 radical (unpaired) electrons. The van der Waals surface area contributed by atoms with Crippen molar-refractivity contribution < 1.29 is 0 Å². The minimum absolute atomic E-state index is 0.118. The van der Waals surface area contributed by atoms with Crippen molar-refractivity contribution in [3.63, 3.8) is 0 Å². The molecule has 5 heteroatoms. The summed E-state index contributed by atoms with van der Waals surface area (Å²) in [5.41, 5.74) is 0. The molecule has 1 atom stereocenters. The minimum atomic E-state index is 0.118. The van der Waals surface area contributed by atoms with Gasteiger partial charge in [-0.3, -0.25) is 0 Å². The van der Waals surface area contributed by atoms with Crippen LogP contribution in [0.2, 0.25) is 5.02 Å². The Balaban J connectivity index is 2.11. The van der Waals surface area contributed by atoms with Crippen molar-refractivity contribution in [3.8, 4) is 0 Å². The highest BCUT2D eigenvalue weighted by Gasteiger charge is 2.11. The SMILES string of the molecule is CCc1cnc(C(C)Nc2ncccc2Cl)s1. The van der Waals surface area contributed by atoms with Gasteiger partial charge in [0, 0.05) is 17.3 Å². The van der Waals surface area contributed by atoms with Crippen LogP contribution in [0, 0.1) is 0 Å². The molecule has 2 heterocycles. The number of halogens is 1. The maximum atomic E-state index is 6.05. The van der Waals surface area contributed by atoms with Crippen LogP contribution in [0.4, 0.5) is 5.82 Å². The standard InChI is InChI=1S/C12H14ClN3S/c1-3-9-7-15-12(17-9)8(2)16-11-10(13)5-4-6-14-11/h4-8H,3H2,1-2H3,(H,14,16). The van der Waals surface area contributed by atoms with E-state index in [1.165, 1.54) is 4.88 Å². The van der Waals surface area contributed by atoms with Crippen molar-refractivity contribution in [1.29, 1.82) is 0 Å². The molecular weight excluding hydrogens is 254 g/mol. The lowest BCUT2D eigenvalue weighted by atomic mass is 10.3. The third kappa shape index (κ3) is 2.96. The van der Waals surface area contributed by atoms with Crippen LogP contribution in [0.5, 0.6) is 0 Å². The fourth-order valence-corrected chi connectivity index (χ4v) is 2.48. The summed E-state index contributed by atoms with van der Waals surface area (Å²) in [6.07, 6.45) is 4.67. The van der Waals surface area contributed by atoms with Gasteiger partial charge in [-0.1, -0.05) is 18.5 Å². The number of rotatable bonds is 4. The lowest BCUT2D eigenvalue weighted by molar-refractivity contribution is 0.860. The molecular formula is C12H14ClN3S. The number of aryl methyl sites for hydroxylation is 1. The van der Waals surface area contributed by atoms with Gasteiger partial charge in [-0.2, -0.15) is 0 Å². The van der Waals surface area contributed by atoms with E-state index in [9.17, 15) is 0 Å². The molecule has 0 aliphatic heterocycles. The van der Waals surface area contributed by atoms with Gasteiger partial charge in [0.15, 0.2) is 0 Å². The van der Waals surface area contributed by atoms with E-state index in [-0.39, 0.29) is 6.04 Å². The second kappa shape index (κ2) is 5.47. The second-order valence-corrected chi connectivity index (χ2v) is 5.27. The van der Waals surface area contributed by atoms with Crippen LogP contribution in [0.1, 0.15) is 29.8 Å². The molecule has 0 fully saturated rings. The van der Waals surface area contributed by atoms with Gasteiger partial charge in [0.1, 0.15) is 10.8 Å². The van der Waals surface area contributed by atoms with Gasteiger partial charge < -0.3 is 5.32 Å². The monoisotopic (exact) mass is 267 g/mol. The molecule has 0 aliphatic rings. The first-order valence-electron chi connectivity index (χ1n) is 5.52. The van der Waals surface area contributed by atoms with Crippen molar-refractivity contribution in [2.45, 2.75) is 26.3 Å². The highest BCUT2D eigenvalue weighted by molar-refractivity contribution is 7.11. The van der Waals surface area contributed by atoms with Crippen LogP contribution in [-0.2, 0) is 6.42 Å².